The van der Waals surface area contributed by atoms with E-state index in [1.54, 1.807) is 0 Å². The van der Waals surface area contributed by atoms with E-state index in [-0.39, 0.29) is 5.72 Å². The van der Waals surface area contributed by atoms with Gasteiger partial charge in [-0.2, -0.15) is 0 Å². The van der Waals surface area contributed by atoms with E-state index in [2.05, 4.69) is 9.97 Å². The third-order valence-corrected chi connectivity index (χ3v) is 0.640. The third-order valence-electron chi connectivity index (χ3n) is 0.640. The molecule has 0 unspecified atom stereocenters. The predicted octanol–water partition coefficient (Wildman–Crippen LogP) is -0.591. The Kier molecular flexibility index (Phi) is 1.24. The highest BCUT2D eigenvalue weighted by Gasteiger charge is 1.86. The van der Waals surface area contributed by atoms with Gasteiger partial charge in [-0.3, -0.25) is 9.97 Å². The SMILES string of the molecule is [B]c1ncc(F)cn1. The number of aromatic nitrogens is 2. The summed E-state index contributed by atoms with van der Waals surface area (Å²) in [4.78, 5) is 6.74. The lowest BCUT2D eigenvalue weighted by Crippen LogP contribution is -2.11. The van der Waals surface area contributed by atoms with Crippen molar-refractivity contribution in [3.05, 3.63) is 18.2 Å². The first kappa shape index (κ1) is 5.22. The van der Waals surface area contributed by atoms with Crippen molar-refractivity contribution in [3.63, 3.8) is 0 Å². The van der Waals surface area contributed by atoms with Crippen LogP contribution < -0.4 is 5.72 Å². The van der Waals surface area contributed by atoms with E-state index in [4.69, 9.17) is 7.85 Å². The number of hydrogen-bond acceptors (Lipinski definition) is 2. The van der Waals surface area contributed by atoms with Crippen LogP contribution in [0.5, 0.6) is 0 Å². The van der Waals surface area contributed by atoms with Crippen LogP contribution in [0.2, 0.25) is 0 Å². The van der Waals surface area contributed by atoms with E-state index in [0.717, 1.165) is 12.4 Å². The van der Waals surface area contributed by atoms with Crippen LogP contribution in [0, 0.1) is 5.82 Å². The van der Waals surface area contributed by atoms with Gasteiger partial charge in [0.1, 0.15) is 0 Å². The zero-order valence-corrected chi connectivity index (χ0v) is 4.00. The summed E-state index contributed by atoms with van der Waals surface area (Å²) >= 11 is 0. The molecule has 1 heterocycles. The molecule has 0 aliphatic rings. The van der Waals surface area contributed by atoms with Crippen LogP contribution in [0.15, 0.2) is 12.4 Å². The fourth-order valence-corrected chi connectivity index (χ4v) is 0.322. The molecule has 38 valence electrons. The molecule has 0 saturated carbocycles. The zero-order valence-electron chi connectivity index (χ0n) is 4.00. The molecule has 2 radical (unpaired) electrons. The van der Waals surface area contributed by atoms with E-state index < -0.39 is 5.82 Å². The molecule has 0 spiro atoms. The van der Waals surface area contributed by atoms with Gasteiger partial charge in [0.05, 0.1) is 18.1 Å². The largest absolute Gasteiger partial charge is 0.251 e. The van der Waals surface area contributed by atoms with Crippen LogP contribution in [-0.4, -0.2) is 17.8 Å². The molecule has 0 aromatic carbocycles. The Balaban J connectivity index is 3.03. The highest BCUT2D eigenvalue weighted by molar-refractivity contribution is 6.28. The summed E-state index contributed by atoms with van der Waals surface area (Å²) in [5, 5.41) is 0. The molecule has 1 rings (SSSR count). The summed E-state index contributed by atoms with van der Waals surface area (Å²) in [6.07, 6.45) is 2.03. The van der Waals surface area contributed by atoms with Crippen LogP contribution >= 0.6 is 0 Å². The third kappa shape index (κ3) is 1.02. The van der Waals surface area contributed by atoms with Gasteiger partial charge in [-0.1, -0.05) is 0 Å². The second-order valence-corrected chi connectivity index (χ2v) is 1.26. The second kappa shape index (κ2) is 1.90. The van der Waals surface area contributed by atoms with Gasteiger partial charge in [-0.15, -0.1) is 0 Å². The Hall–Kier alpha value is -0.925. The van der Waals surface area contributed by atoms with Crippen molar-refractivity contribution in [2.75, 3.05) is 0 Å². The normalized spacial score (nSPS) is 9.12. The van der Waals surface area contributed by atoms with Crippen molar-refractivity contribution in [1.82, 2.24) is 9.97 Å². The summed E-state index contributed by atoms with van der Waals surface area (Å²) in [5.74, 6) is -0.473. The molecule has 4 heteroatoms. The Labute approximate surface area is 47.2 Å². The molecule has 0 aliphatic heterocycles. The van der Waals surface area contributed by atoms with E-state index in [1.807, 2.05) is 0 Å². The van der Waals surface area contributed by atoms with E-state index in [1.165, 1.54) is 0 Å². The van der Waals surface area contributed by atoms with Crippen molar-refractivity contribution in [1.29, 1.82) is 0 Å². The lowest BCUT2D eigenvalue weighted by Gasteiger charge is -1.86. The molecule has 0 bridgehead atoms. The first-order chi connectivity index (χ1) is 3.79. The highest BCUT2D eigenvalue weighted by Crippen LogP contribution is 1.83. The van der Waals surface area contributed by atoms with Crippen molar-refractivity contribution >= 4 is 13.6 Å². The number of rotatable bonds is 0. The summed E-state index contributed by atoms with van der Waals surface area (Å²) in [6.45, 7) is 0. The van der Waals surface area contributed by atoms with Gasteiger partial charge in [0.2, 0.25) is 0 Å². The molecule has 0 atom stereocenters. The molecular formula is C4H2BFN2. The van der Waals surface area contributed by atoms with Gasteiger partial charge in [-0.25, -0.2) is 4.39 Å². The Morgan fingerprint density at radius 3 is 2.25 bits per heavy atom. The summed E-state index contributed by atoms with van der Waals surface area (Å²) in [5.41, 5.74) is 0.0893. The lowest BCUT2D eigenvalue weighted by molar-refractivity contribution is 0.615. The Morgan fingerprint density at radius 1 is 1.38 bits per heavy atom. The van der Waals surface area contributed by atoms with Crippen LogP contribution in [0.1, 0.15) is 0 Å². The molecular weight excluding hydrogens is 106 g/mol. The minimum atomic E-state index is -0.473. The fraction of sp³-hybridized carbons (Fsp3) is 0. The number of hydrogen-bond donors (Lipinski definition) is 0. The standard InChI is InChI=1S/C4H2BFN2/c5-4-7-1-3(6)2-8-4/h1-2H. The van der Waals surface area contributed by atoms with Crippen LogP contribution in [0.25, 0.3) is 0 Å². The lowest BCUT2D eigenvalue weighted by atomic mass is 10.1. The number of halogens is 1. The van der Waals surface area contributed by atoms with Crippen molar-refractivity contribution in [2.45, 2.75) is 0 Å². The Morgan fingerprint density at radius 2 is 1.88 bits per heavy atom. The minimum absolute atomic E-state index is 0.0893. The number of nitrogens with zero attached hydrogens (tertiary/aromatic N) is 2. The maximum atomic E-state index is 11.9. The van der Waals surface area contributed by atoms with E-state index >= 15 is 0 Å². The van der Waals surface area contributed by atoms with Gasteiger partial charge in [0, 0.05) is 0 Å². The van der Waals surface area contributed by atoms with E-state index in [0.29, 0.717) is 0 Å². The maximum Gasteiger partial charge on any atom is 0.170 e. The molecule has 0 aliphatic carbocycles. The fourth-order valence-electron chi connectivity index (χ4n) is 0.322. The molecule has 1 aromatic heterocycles. The van der Waals surface area contributed by atoms with E-state index in [9.17, 15) is 4.39 Å². The molecule has 0 saturated heterocycles. The monoisotopic (exact) mass is 108 g/mol. The molecule has 0 amide bonds. The Bertz CT molecular complexity index is 153. The van der Waals surface area contributed by atoms with Crippen molar-refractivity contribution in [2.24, 2.45) is 0 Å². The van der Waals surface area contributed by atoms with Gasteiger partial charge in [0.15, 0.2) is 13.7 Å². The molecule has 1 aromatic rings. The highest BCUT2D eigenvalue weighted by atomic mass is 19.1. The molecule has 8 heavy (non-hydrogen) atoms. The quantitative estimate of drug-likeness (QED) is 0.415. The van der Waals surface area contributed by atoms with Crippen LogP contribution in [0.3, 0.4) is 0 Å². The first-order valence-electron chi connectivity index (χ1n) is 2.02. The van der Waals surface area contributed by atoms with Crippen molar-refractivity contribution in [3.8, 4) is 0 Å². The molecule has 2 nitrogen and oxygen atoms in total. The minimum Gasteiger partial charge on any atom is -0.251 e. The summed E-state index contributed by atoms with van der Waals surface area (Å²) in [6, 6.07) is 0. The maximum absolute atomic E-state index is 11.9. The first-order valence-corrected chi connectivity index (χ1v) is 2.02. The average Bonchev–Trinajstić information content (AvgIpc) is 1.77. The van der Waals surface area contributed by atoms with Crippen molar-refractivity contribution < 1.29 is 4.39 Å². The smallest absolute Gasteiger partial charge is 0.170 e. The predicted molar refractivity (Wildman–Crippen MR) is 27.4 cm³/mol. The second-order valence-electron chi connectivity index (χ2n) is 1.26. The van der Waals surface area contributed by atoms with Crippen LogP contribution in [0.4, 0.5) is 4.39 Å². The summed E-state index contributed by atoms with van der Waals surface area (Å²) < 4.78 is 11.9. The molecule has 0 fully saturated rings. The molecule has 0 N–H and O–H groups in total. The topological polar surface area (TPSA) is 25.8 Å². The zero-order chi connectivity index (χ0) is 5.98. The van der Waals surface area contributed by atoms with Gasteiger partial charge in [-0.05, 0) is 0 Å². The van der Waals surface area contributed by atoms with Gasteiger partial charge >= 0.3 is 0 Å². The van der Waals surface area contributed by atoms with Gasteiger partial charge in [0.25, 0.3) is 0 Å². The van der Waals surface area contributed by atoms with Gasteiger partial charge < -0.3 is 0 Å². The summed E-state index contributed by atoms with van der Waals surface area (Å²) in [7, 11) is 5.04. The average molecular weight is 108 g/mol. The van der Waals surface area contributed by atoms with Crippen LogP contribution in [-0.2, 0) is 0 Å².